The summed E-state index contributed by atoms with van der Waals surface area (Å²) in [5.41, 5.74) is 2.04. The van der Waals surface area contributed by atoms with E-state index in [1.165, 1.54) is 12.1 Å². The first-order valence-electron chi connectivity index (χ1n) is 5.72. The maximum atomic E-state index is 13.1. The molecule has 0 spiro atoms. The van der Waals surface area contributed by atoms with Crippen LogP contribution < -0.4 is 0 Å². The largest absolute Gasteiger partial charge is 0.301 e. The van der Waals surface area contributed by atoms with Gasteiger partial charge in [0.05, 0.1) is 6.54 Å². The summed E-state index contributed by atoms with van der Waals surface area (Å²) < 4.78 is 15.7. The van der Waals surface area contributed by atoms with Gasteiger partial charge in [-0.2, -0.15) is 0 Å². The van der Waals surface area contributed by atoms with Crippen molar-refractivity contribution in [1.29, 1.82) is 0 Å². The van der Waals surface area contributed by atoms with E-state index in [1.54, 1.807) is 6.07 Å². The standard InChI is InChI=1S/C13H15FN2S/c1-2-4-12-8-13(17)16(15-12)9-10-5-3-6-11(14)7-10/h3,5-8,15H,2,4,9H2,1H3. The van der Waals surface area contributed by atoms with Gasteiger partial charge >= 0.3 is 0 Å². The minimum absolute atomic E-state index is 0.214. The molecule has 0 aliphatic heterocycles. The van der Waals surface area contributed by atoms with Crippen LogP contribution in [0.15, 0.2) is 30.3 Å². The number of rotatable bonds is 4. The Labute approximate surface area is 105 Å². The van der Waals surface area contributed by atoms with Crippen molar-refractivity contribution in [2.45, 2.75) is 26.3 Å². The van der Waals surface area contributed by atoms with E-state index >= 15 is 0 Å². The summed E-state index contributed by atoms with van der Waals surface area (Å²) in [6.07, 6.45) is 2.06. The number of nitrogens with zero attached hydrogens (tertiary/aromatic N) is 1. The second-order valence-corrected chi connectivity index (χ2v) is 4.50. The highest BCUT2D eigenvalue weighted by atomic mass is 32.1. The van der Waals surface area contributed by atoms with E-state index in [1.807, 2.05) is 16.8 Å². The molecule has 0 aliphatic carbocycles. The maximum Gasteiger partial charge on any atom is 0.123 e. The normalized spacial score (nSPS) is 10.7. The average Bonchev–Trinajstić information content (AvgIpc) is 2.60. The number of aryl methyl sites for hydroxylation is 1. The lowest BCUT2D eigenvalue weighted by Crippen LogP contribution is -2.02. The van der Waals surface area contributed by atoms with Crippen LogP contribution in [0.1, 0.15) is 24.6 Å². The number of H-pyrrole nitrogens is 1. The summed E-state index contributed by atoms with van der Waals surface area (Å²) in [5.74, 6) is -0.214. The summed E-state index contributed by atoms with van der Waals surface area (Å²) >= 11 is 5.26. The fourth-order valence-electron chi connectivity index (χ4n) is 1.82. The molecule has 2 nitrogen and oxygen atoms in total. The quantitative estimate of drug-likeness (QED) is 0.821. The summed E-state index contributed by atoms with van der Waals surface area (Å²) in [4.78, 5) is 0. The molecule has 0 saturated heterocycles. The molecule has 1 aromatic carbocycles. The molecule has 0 atom stereocenters. The maximum absolute atomic E-state index is 13.1. The lowest BCUT2D eigenvalue weighted by atomic mass is 10.2. The second-order valence-electron chi connectivity index (χ2n) is 4.09. The molecule has 0 radical (unpaired) electrons. The Kier molecular flexibility index (Phi) is 3.74. The lowest BCUT2D eigenvalue weighted by molar-refractivity contribution is 0.616. The fraction of sp³-hybridized carbons (Fsp3) is 0.308. The second kappa shape index (κ2) is 5.27. The molecule has 0 fully saturated rings. The number of halogens is 1. The zero-order chi connectivity index (χ0) is 12.3. The topological polar surface area (TPSA) is 20.7 Å². The molecular weight excluding hydrogens is 235 g/mol. The number of hydrogen-bond acceptors (Lipinski definition) is 1. The van der Waals surface area contributed by atoms with Crippen molar-refractivity contribution in [2.75, 3.05) is 0 Å². The highest BCUT2D eigenvalue weighted by Gasteiger charge is 2.01. The van der Waals surface area contributed by atoms with Crippen molar-refractivity contribution in [2.24, 2.45) is 0 Å². The molecule has 90 valence electrons. The summed E-state index contributed by atoms with van der Waals surface area (Å²) in [5, 5.41) is 3.24. The molecule has 2 rings (SSSR count). The number of hydrogen-bond donors (Lipinski definition) is 1. The molecule has 17 heavy (non-hydrogen) atoms. The minimum Gasteiger partial charge on any atom is -0.301 e. The molecule has 0 aliphatic rings. The van der Waals surface area contributed by atoms with Crippen LogP contribution in [0.2, 0.25) is 0 Å². The van der Waals surface area contributed by atoms with Crippen molar-refractivity contribution in [1.82, 2.24) is 9.78 Å². The number of benzene rings is 1. The third-order valence-electron chi connectivity index (χ3n) is 2.59. The third kappa shape index (κ3) is 3.03. The van der Waals surface area contributed by atoms with E-state index in [9.17, 15) is 4.39 Å². The molecule has 0 saturated carbocycles. The minimum atomic E-state index is -0.214. The van der Waals surface area contributed by atoms with Crippen molar-refractivity contribution >= 4 is 12.2 Å². The summed E-state index contributed by atoms with van der Waals surface area (Å²) in [7, 11) is 0. The van der Waals surface area contributed by atoms with Gasteiger partial charge in [0.25, 0.3) is 0 Å². The fourth-order valence-corrected chi connectivity index (χ4v) is 2.07. The molecule has 4 heteroatoms. The van der Waals surface area contributed by atoms with Gasteiger partial charge in [-0.05, 0) is 30.2 Å². The zero-order valence-corrected chi connectivity index (χ0v) is 10.6. The van der Waals surface area contributed by atoms with Crippen LogP contribution in [0.25, 0.3) is 0 Å². The molecule has 1 heterocycles. The Morgan fingerprint density at radius 1 is 1.35 bits per heavy atom. The van der Waals surface area contributed by atoms with Gasteiger partial charge < -0.3 is 5.10 Å². The molecule has 1 N–H and O–H groups in total. The highest BCUT2D eigenvalue weighted by Crippen LogP contribution is 2.08. The molecule has 0 amide bonds. The van der Waals surface area contributed by atoms with Gasteiger partial charge in [-0.3, -0.25) is 4.68 Å². The first-order valence-corrected chi connectivity index (χ1v) is 6.13. The SMILES string of the molecule is CCCc1cc(=S)n(Cc2cccc(F)c2)[nH]1. The smallest absolute Gasteiger partial charge is 0.123 e. The van der Waals surface area contributed by atoms with Crippen LogP contribution in [0.5, 0.6) is 0 Å². The van der Waals surface area contributed by atoms with Gasteiger partial charge in [-0.25, -0.2) is 4.39 Å². The number of nitrogens with one attached hydrogen (secondary N) is 1. The van der Waals surface area contributed by atoms with Gasteiger partial charge in [0.15, 0.2) is 0 Å². The molecule has 2 aromatic rings. The van der Waals surface area contributed by atoms with Crippen molar-refractivity contribution in [3.8, 4) is 0 Å². The first-order chi connectivity index (χ1) is 8.19. The predicted molar refractivity (Wildman–Crippen MR) is 69.1 cm³/mol. The van der Waals surface area contributed by atoms with Gasteiger partial charge in [0.1, 0.15) is 10.5 Å². The number of aromatic nitrogens is 2. The Morgan fingerprint density at radius 2 is 2.18 bits per heavy atom. The molecule has 1 aromatic heterocycles. The molecule has 0 bridgehead atoms. The van der Waals surface area contributed by atoms with Crippen molar-refractivity contribution in [3.63, 3.8) is 0 Å². The van der Waals surface area contributed by atoms with Gasteiger partial charge in [-0.15, -0.1) is 0 Å². The average molecular weight is 250 g/mol. The van der Waals surface area contributed by atoms with Gasteiger partial charge in [-0.1, -0.05) is 37.7 Å². The number of aromatic amines is 1. The van der Waals surface area contributed by atoms with E-state index in [-0.39, 0.29) is 5.82 Å². The summed E-state index contributed by atoms with van der Waals surface area (Å²) in [6, 6.07) is 8.55. The van der Waals surface area contributed by atoms with Crippen LogP contribution >= 0.6 is 12.2 Å². The van der Waals surface area contributed by atoms with Crippen LogP contribution in [-0.2, 0) is 13.0 Å². The van der Waals surface area contributed by atoms with Crippen molar-refractivity contribution in [3.05, 3.63) is 52.0 Å². The van der Waals surface area contributed by atoms with E-state index in [0.717, 1.165) is 28.7 Å². The van der Waals surface area contributed by atoms with E-state index in [0.29, 0.717) is 6.54 Å². The Hall–Kier alpha value is -1.42. The van der Waals surface area contributed by atoms with Crippen molar-refractivity contribution < 1.29 is 4.39 Å². The van der Waals surface area contributed by atoms with Crippen LogP contribution in [0, 0.1) is 10.5 Å². The van der Waals surface area contributed by atoms with Crippen LogP contribution in [-0.4, -0.2) is 9.78 Å². The third-order valence-corrected chi connectivity index (χ3v) is 2.93. The van der Waals surface area contributed by atoms with Gasteiger partial charge in [0, 0.05) is 5.69 Å². The zero-order valence-electron chi connectivity index (χ0n) is 9.74. The van der Waals surface area contributed by atoms with Gasteiger partial charge in [0.2, 0.25) is 0 Å². The first kappa shape index (κ1) is 12.0. The predicted octanol–water partition coefficient (Wildman–Crippen LogP) is 3.69. The van der Waals surface area contributed by atoms with Crippen LogP contribution in [0.3, 0.4) is 0 Å². The van der Waals surface area contributed by atoms with E-state index < -0.39 is 0 Å². The van der Waals surface area contributed by atoms with E-state index in [4.69, 9.17) is 12.2 Å². The van der Waals surface area contributed by atoms with Crippen LogP contribution in [0.4, 0.5) is 4.39 Å². The van der Waals surface area contributed by atoms with E-state index in [2.05, 4.69) is 12.0 Å². The molecule has 0 unspecified atom stereocenters. The molecular formula is C13H15FN2S. The Morgan fingerprint density at radius 3 is 2.88 bits per heavy atom. The lowest BCUT2D eigenvalue weighted by Gasteiger charge is -2.03. The highest BCUT2D eigenvalue weighted by molar-refractivity contribution is 7.71. The summed E-state index contributed by atoms with van der Waals surface area (Å²) in [6.45, 7) is 2.71. The Bertz CT molecular complexity index is 557. The monoisotopic (exact) mass is 250 g/mol. The Balaban J connectivity index is 2.21.